The third-order valence-corrected chi connectivity index (χ3v) is 5.40. The zero-order valence-electron chi connectivity index (χ0n) is 18.1. The number of rotatable bonds is 10. The third kappa shape index (κ3) is 7.02. The summed E-state index contributed by atoms with van der Waals surface area (Å²) in [5, 5.41) is 21.4. The number of hydrogen-bond acceptors (Lipinski definition) is 6. The molecule has 1 aromatic heterocycles. The number of aliphatic carboxylic acids is 2. The highest BCUT2D eigenvalue weighted by Crippen LogP contribution is 2.25. The first-order chi connectivity index (χ1) is 16.8. The van der Waals surface area contributed by atoms with Crippen LogP contribution in [0.4, 0.5) is 11.6 Å². The van der Waals surface area contributed by atoms with Crippen molar-refractivity contribution in [3.05, 3.63) is 88.2 Å². The van der Waals surface area contributed by atoms with Gasteiger partial charge in [-0.25, -0.2) is 14.8 Å². The Kier molecular flexibility index (Phi) is 8.77. The largest absolute Gasteiger partial charge is 0.480 e. The lowest BCUT2D eigenvalue weighted by atomic mass is 10.1. The van der Waals surface area contributed by atoms with E-state index in [1.807, 2.05) is 0 Å². The average Bonchev–Trinajstić information content (AvgIpc) is 2.82. The van der Waals surface area contributed by atoms with E-state index in [1.165, 1.54) is 29.4 Å². The van der Waals surface area contributed by atoms with E-state index in [0.717, 1.165) is 5.56 Å². The monoisotopic (exact) mass is 514 g/mol. The number of hydrogen-bond donors (Lipinski definition) is 3. The van der Waals surface area contributed by atoms with Crippen LogP contribution in [0.15, 0.2) is 67.0 Å². The van der Waals surface area contributed by atoms with Crippen LogP contribution < -0.4 is 10.2 Å². The SMILES string of the molecule is O=C(O)CN(c1ccc(/C=C/CC(NC(=O)c2c(Cl)cccc2Cl)C(=O)O)cc1)c1ncccn1. The molecular formula is C24H20Cl2N4O5. The minimum atomic E-state index is -1.21. The van der Waals surface area contributed by atoms with Crippen LogP contribution in [-0.2, 0) is 9.59 Å². The topological polar surface area (TPSA) is 133 Å². The van der Waals surface area contributed by atoms with Gasteiger partial charge in [0, 0.05) is 18.1 Å². The summed E-state index contributed by atoms with van der Waals surface area (Å²) in [5.41, 5.74) is 1.32. The van der Waals surface area contributed by atoms with E-state index in [4.69, 9.17) is 23.2 Å². The van der Waals surface area contributed by atoms with Gasteiger partial charge in [0.25, 0.3) is 5.91 Å². The van der Waals surface area contributed by atoms with E-state index in [9.17, 15) is 24.6 Å². The van der Waals surface area contributed by atoms with Crippen LogP contribution in [0.3, 0.4) is 0 Å². The van der Waals surface area contributed by atoms with Crippen LogP contribution in [0.25, 0.3) is 6.08 Å². The Morgan fingerprint density at radius 2 is 1.60 bits per heavy atom. The molecule has 11 heteroatoms. The quantitative estimate of drug-likeness (QED) is 0.364. The zero-order chi connectivity index (χ0) is 25.4. The molecule has 3 aromatic rings. The molecule has 0 saturated heterocycles. The lowest BCUT2D eigenvalue weighted by Gasteiger charge is -2.20. The van der Waals surface area contributed by atoms with Gasteiger partial charge in [-0.2, -0.15) is 0 Å². The van der Waals surface area contributed by atoms with Gasteiger partial charge in [-0.1, -0.05) is 53.6 Å². The van der Waals surface area contributed by atoms with E-state index >= 15 is 0 Å². The normalized spacial score (nSPS) is 11.7. The maximum Gasteiger partial charge on any atom is 0.326 e. The molecule has 0 bridgehead atoms. The minimum absolute atomic E-state index is 0.00783. The summed E-state index contributed by atoms with van der Waals surface area (Å²) in [5.74, 6) is -2.70. The van der Waals surface area contributed by atoms with Crippen LogP contribution in [-0.4, -0.2) is 50.6 Å². The molecule has 0 fully saturated rings. The van der Waals surface area contributed by atoms with Gasteiger partial charge in [0.15, 0.2) is 0 Å². The summed E-state index contributed by atoms with van der Waals surface area (Å²) >= 11 is 12.0. The van der Waals surface area contributed by atoms with Crippen molar-refractivity contribution in [2.45, 2.75) is 12.5 Å². The molecule has 0 saturated carbocycles. The molecule has 1 heterocycles. The number of aromatic nitrogens is 2. The smallest absolute Gasteiger partial charge is 0.326 e. The number of benzene rings is 2. The molecule has 3 N–H and O–H groups in total. The Labute approximate surface area is 210 Å². The molecule has 0 spiro atoms. The number of carboxylic acid groups (broad SMARTS) is 2. The fourth-order valence-electron chi connectivity index (χ4n) is 3.12. The van der Waals surface area contributed by atoms with Crippen LogP contribution in [0.2, 0.25) is 10.0 Å². The Hall–Kier alpha value is -3.95. The zero-order valence-corrected chi connectivity index (χ0v) is 19.6. The van der Waals surface area contributed by atoms with Crippen molar-refractivity contribution in [3.63, 3.8) is 0 Å². The Morgan fingerprint density at radius 1 is 0.971 bits per heavy atom. The number of anilines is 2. The predicted molar refractivity (Wildman–Crippen MR) is 132 cm³/mol. The fraction of sp³-hybridized carbons (Fsp3) is 0.125. The van der Waals surface area contributed by atoms with Crippen LogP contribution in [0, 0.1) is 0 Å². The van der Waals surface area contributed by atoms with Crippen LogP contribution >= 0.6 is 23.2 Å². The molecule has 1 unspecified atom stereocenters. The summed E-state index contributed by atoms with van der Waals surface area (Å²) in [6.45, 7) is -0.325. The highest BCUT2D eigenvalue weighted by atomic mass is 35.5. The van der Waals surface area contributed by atoms with Gasteiger partial charge in [0.1, 0.15) is 12.6 Å². The van der Waals surface area contributed by atoms with Crippen molar-refractivity contribution in [1.29, 1.82) is 0 Å². The van der Waals surface area contributed by atoms with Crippen LogP contribution in [0.5, 0.6) is 0 Å². The molecular weight excluding hydrogens is 495 g/mol. The van der Waals surface area contributed by atoms with Gasteiger partial charge in [-0.15, -0.1) is 0 Å². The predicted octanol–water partition coefficient (Wildman–Crippen LogP) is 4.29. The molecule has 0 aliphatic heterocycles. The summed E-state index contributed by atoms with van der Waals surface area (Å²) in [6.07, 6.45) is 6.34. The number of carbonyl (C=O) groups excluding carboxylic acids is 1. The standard InChI is InChI=1S/C24H20Cl2N4O5/c25-17-5-2-6-18(26)21(17)22(33)29-19(23(34)35)7-1-4-15-8-10-16(11-9-15)30(14-20(31)32)24-27-12-3-13-28-24/h1-6,8-13,19H,7,14H2,(H,29,33)(H,31,32)(H,34,35)/b4-1+. The van der Waals surface area contributed by atoms with Gasteiger partial charge in [-0.05, 0) is 42.3 Å². The molecule has 0 radical (unpaired) electrons. The molecule has 1 atom stereocenters. The van der Waals surface area contributed by atoms with Crippen LogP contribution in [0.1, 0.15) is 22.3 Å². The van der Waals surface area contributed by atoms with Gasteiger partial charge in [0.05, 0.1) is 15.6 Å². The maximum absolute atomic E-state index is 12.5. The molecule has 0 aliphatic carbocycles. The van der Waals surface area contributed by atoms with Crippen molar-refractivity contribution in [3.8, 4) is 0 Å². The first-order valence-corrected chi connectivity index (χ1v) is 11.0. The summed E-state index contributed by atoms with van der Waals surface area (Å²) in [7, 11) is 0. The van der Waals surface area contributed by atoms with E-state index in [0.29, 0.717) is 5.69 Å². The Bertz CT molecular complexity index is 1220. The van der Waals surface area contributed by atoms with E-state index in [-0.39, 0.29) is 34.5 Å². The van der Waals surface area contributed by atoms with Crippen molar-refractivity contribution in [1.82, 2.24) is 15.3 Å². The van der Waals surface area contributed by atoms with Gasteiger partial charge in [0.2, 0.25) is 5.95 Å². The molecule has 180 valence electrons. The van der Waals surface area contributed by atoms with Crippen molar-refractivity contribution in [2.24, 2.45) is 0 Å². The molecule has 1 amide bonds. The lowest BCUT2D eigenvalue weighted by Crippen LogP contribution is -2.40. The Morgan fingerprint density at radius 3 is 2.17 bits per heavy atom. The highest BCUT2D eigenvalue weighted by Gasteiger charge is 2.22. The summed E-state index contributed by atoms with van der Waals surface area (Å²) < 4.78 is 0. The molecule has 9 nitrogen and oxygen atoms in total. The number of amides is 1. The van der Waals surface area contributed by atoms with E-state index < -0.39 is 23.9 Å². The first-order valence-electron chi connectivity index (χ1n) is 10.3. The maximum atomic E-state index is 12.5. The second-order valence-electron chi connectivity index (χ2n) is 7.22. The second kappa shape index (κ2) is 12.0. The summed E-state index contributed by atoms with van der Waals surface area (Å²) in [4.78, 5) is 45.1. The van der Waals surface area contributed by atoms with Gasteiger partial charge >= 0.3 is 11.9 Å². The molecule has 0 aliphatic rings. The molecule has 35 heavy (non-hydrogen) atoms. The number of nitrogens with one attached hydrogen (secondary N) is 1. The Balaban J connectivity index is 1.69. The van der Waals surface area contributed by atoms with Crippen molar-refractivity contribution >= 4 is 58.8 Å². The highest BCUT2D eigenvalue weighted by molar-refractivity contribution is 6.39. The van der Waals surface area contributed by atoms with Crippen molar-refractivity contribution in [2.75, 3.05) is 11.4 Å². The first kappa shape index (κ1) is 25.7. The van der Waals surface area contributed by atoms with Gasteiger partial charge < -0.3 is 15.5 Å². The van der Waals surface area contributed by atoms with Crippen molar-refractivity contribution < 1.29 is 24.6 Å². The fourth-order valence-corrected chi connectivity index (χ4v) is 3.68. The lowest BCUT2D eigenvalue weighted by molar-refractivity contribution is -0.139. The number of carboxylic acids is 2. The molecule has 2 aromatic carbocycles. The number of nitrogens with zero attached hydrogens (tertiary/aromatic N) is 3. The number of halogens is 2. The van der Waals surface area contributed by atoms with E-state index in [1.54, 1.807) is 48.6 Å². The average molecular weight is 515 g/mol. The van der Waals surface area contributed by atoms with E-state index in [2.05, 4.69) is 15.3 Å². The number of carbonyl (C=O) groups is 3. The second-order valence-corrected chi connectivity index (χ2v) is 8.03. The van der Waals surface area contributed by atoms with Gasteiger partial charge in [-0.3, -0.25) is 14.5 Å². The third-order valence-electron chi connectivity index (χ3n) is 4.77. The summed E-state index contributed by atoms with van der Waals surface area (Å²) in [6, 6.07) is 11.9. The minimum Gasteiger partial charge on any atom is -0.480 e. The molecule has 3 rings (SSSR count).